The van der Waals surface area contributed by atoms with E-state index in [0.29, 0.717) is 16.6 Å². The third-order valence-corrected chi connectivity index (χ3v) is 5.69. The van der Waals surface area contributed by atoms with Crippen LogP contribution in [0.15, 0.2) is 85.7 Å². The normalized spacial score (nSPS) is 14.7. The van der Waals surface area contributed by atoms with Crippen LogP contribution in [0.25, 0.3) is 16.6 Å². The molecule has 0 radical (unpaired) electrons. The van der Waals surface area contributed by atoms with E-state index in [2.05, 4.69) is 18.3 Å². The smallest absolute Gasteiger partial charge is 0.375 e. The summed E-state index contributed by atoms with van der Waals surface area (Å²) in [5, 5.41) is 25.0. The largest absolute Gasteiger partial charge is 0.423 e. The maximum absolute atomic E-state index is 14.3. The minimum Gasteiger partial charge on any atom is -0.375 e. The summed E-state index contributed by atoms with van der Waals surface area (Å²) in [4.78, 5) is 1.23. The fourth-order valence-electron chi connectivity index (χ4n) is 3.61. The second kappa shape index (κ2) is 10.2. The topological polar surface area (TPSA) is 65.1 Å². The van der Waals surface area contributed by atoms with Crippen LogP contribution in [0.1, 0.15) is 18.9 Å². The summed E-state index contributed by atoms with van der Waals surface area (Å²) in [6.45, 7) is 7.92. The molecule has 182 valence electrons. The number of hydrogen-bond acceptors (Lipinski definition) is 4. The molecule has 0 saturated carbocycles. The van der Waals surface area contributed by atoms with Gasteiger partial charge in [-0.1, -0.05) is 18.2 Å². The van der Waals surface area contributed by atoms with Crippen molar-refractivity contribution in [2.75, 3.05) is 6.54 Å². The summed E-state index contributed by atoms with van der Waals surface area (Å²) >= 11 is 0. The van der Waals surface area contributed by atoms with Gasteiger partial charge in [-0.15, -0.1) is 13.2 Å². The molecule has 9 heteroatoms. The number of aliphatic hydroxyl groups is 1. The molecule has 3 aromatic rings. The zero-order valence-corrected chi connectivity index (χ0v) is 19.0. The first kappa shape index (κ1) is 25.7. The van der Waals surface area contributed by atoms with Crippen LogP contribution in [0.5, 0.6) is 0 Å². The molecule has 35 heavy (non-hydrogen) atoms. The molecular formula is C26H24F4N4O. The summed E-state index contributed by atoms with van der Waals surface area (Å²) in [6.07, 6.45) is 0.680. The van der Waals surface area contributed by atoms with Crippen LogP contribution in [0.2, 0.25) is 0 Å². The van der Waals surface area contributed by atoms with E-state index in [9.17, 15) is 27.9 Å². The second-order valence-electron chi connectivity index (χ2n) is 8.07. The van der Waals surface area contributed by atoms with Gasteiger partial charge in [-0.05, 0) is 48.9 Å². The van der Waals surface area contributed by atoms with E-state index in [0.717, 1.165) is 0 Å². The number of nitriles is 1. The third kappa shape index (κ3) is 5.28. The van der Waals surface area contributed by atoms with Crippen LogP contribution < -0.4 is 0 Å². The number of fused-ring (bicyclic) bond motifs is 1. The molecule has 0 aliphatic heterocycles. The molecule has 0 bridgehead atoms. The van der Waals surface area contributed by atoms with E-state index in [4.69, 9.17) is 0 Å². The Morgan fingerprint density at radius 3 is 2.49 bits per heavy atom. The Kier molecular flexibility index (Phi) is 7.46. The summed E-state index contributed by atoms with van der Waals surface area (Å²) in [6, 6.07) is 10.7. The lowest BCUT2D eigenvalue weighted by Gasteiger charge is -2.37. The lowest BCUT2D eigenvalue weighted by molar-refractivity contribution is -0.270. The number of rotatable bonds is 9. The lowest BCUT2D eigenvalue weighted by Crippen LogP contribution is -2.51. The average Bonchev–Trinajstić information content (AvgIpc) is 3.25. The van der Waals surface area contributed by atoms with Gasteiger partial charge >= 0.3 is 6.18 Å². The highest BCUT2D eigenvalue weighted by atomic mass is 19.4. The molecule has 2 aromatic carbocycles. The molecule has 0 aliphatic carbocycles. The maximum Gasteiger partial charge on any atom is 0.423 e. The zero-order chi connectivity index (χ0) is 25.8. The highest BCUT2D eigenvalue weighted by Gasteiger charge is 2.56. The molecule has 0 saturated heterocycles. The van der Waals surface area contributed by atoms with E-state index in [1.54, 1.807) is 6.92 Å². The summed E-state index contributed by atoms with van der Waals surface area (Å²) < 4.78 is 57.7. The molecule has 0 amide bonds. The van der Waals surface area contributed by atoms with Crippen molar-refractivity contribution in [3.8, 4) is 11.8 Å². The van der Waals surface area contributed by atoms with E-state index >= 15 is 0 Å². The lowest BCUT2D eigenvalue weighted by atomic mass is 9.91. The van der Waals surface area contributed by atoms with Gasteiger partial charge in [0.15, 0.2) is 0 Å². The van der Waals surface area contributed by atoms with Crippen molar-refractivity contribution in [2.45, 2.75) is 31.2 Å². The van der Waals surface area contributed by atoms with Crippen molar-refractivity contribution in [1.29, 1.82) is 5.26 Å². The number of nitrogens with zero attached hydrogens (tertiary/aromatic N) is 4. The Balaban J connectivity index is 2.08. The zero-order valence-electron chi connectivity index (χ0n) is 19.0. The quantitative estimate of drug-likeness (QED) is 0.238. The van der Waals surface area contributed by atoms with Crippen molar-refractivity contribution in [3.63, 3.8) is 0 Å². The minimum atomic E-state index is -5.04. The number of alkyl halides is 3. The monoisotopic (exact) mass is 484 g/mol. The van der Waals surface area contributed by atoms with Crippen molar-refractivity contribution in [3.05, 3.63) is 97.1 Å². The average molecular weight is 484 g/mol. The molecule has 1 aromatic heterocycles. The second-order valence-corrected chi connectivity index (χ2v) is 8.07. The van der Waals surface area contributed by atoms with Gasteiger partial charge in [0, 0.05) is 29.6 Å². The summed E-state index contributed by atoms with van der Waals surface area (Å²) in [5.74, 6) is -0.428. The Hall–Kier alpha value is -3.90. The minimum absolute atomic E-state index is 0.163. The first-order chi connectivity index (χ1) is 16.5. The third-order valence-electron chi connectivity index (χ3n) is 5.69. The highest BCUT2D eigenvalue weighted by molar-refractivity contribution is 5.81. The van der Waals surface area contributed by atoms with Gasteiger partial charge in [0.1, 0.15) is 5.82 Å². The Labute approximate surface area is 200 Å². The fraction of sp³-hybridized carbons (Fsp3) is 0.231. The van der Waals surface area contributed by atoms with Gasteiger partial charge in [-0.2, -0.15) is 23.5 Å². The van der Waals surface area contributed by atoms with Gasteiger partial charge in [0.2, 0.25) is 5.60 Å². The van der Waals surface area contributed by atoms with Crippen molar-refractivity contribution in [2.24, 2.45) is 0 Å². The molecule has 3 rings (SSSR count). The Morgan fingerprint density at radius 2 is 1.91 bits per heavy atom. The van der Waals surface area contributed by atoms with Crippen LogP contribution in [-0.4, -0.2) is 38.5 Å². The van der Waals surface area contributed by atoms with Gasteiger partial charge in [-0.3, -0.25) is 0 Å². The van der Waals surface area contributed by atoms with E-state index in [1.807, 2.05) is 6.07 Å². The first-order valence-electron chi connectivity index (χ1n) is 10.7. The number of hydrogen-bond donors (Lipinski definition) is 1. The number of halogens is 4. The molecule has 0 aliphatic rings. The van der Waals surface area contributed by atoms with Gasteiger partial charge in [0.05, 0.1) is 30.0 Å². The van der Waals surface area contributed by atoms with Crippen molar-refractivity contribution < 1.29 is 22.7 Å². The van der Waals surface area contributed by atoms with Crippen LogP contribution in [0.3, 0.4) is 0 Å². The molecular weight excluding hydrogens is 460 g/mol. The van der Waals surface area contributed by atoms with Crippen LogP contribution >= 0.6 is 0 Å². The number of aromatic nitrogens is 2. The molecule has 2 atom stereocenters. The standard InChI is InChI=1S/C26H24F4N4O/c1-4-6-19(14-31)16-33(18(3)5-2)17-25(35,26(28,29)30)21-7-12-24-20(13-21)15-32-34(24)23-10-8-22(27)9-11-23/h4-5,7-13,15-16,18,35H,1-2,6,17H2,3H3/b19-16+. The van der Waals surface area contributed by atoms with Crippen LogP contribution in [-0.2, 0) is 5.60 Å². The van der Waals surface area contributed by atoms with E-state index < -0.39 is 30.2 Å². The Bertz CT molecular complexity index is 1290. The molecule has 1 heterocycles. The maximum atomic E-state index is 14.3. The molecule has 2 unspecified atom stereocenters. The number of allylic oxidation sites excluding steroid dienone is 2. The predicted molar refractivity (Wildman–Crippen MR) is 126 cm³/mol. The predicted octanol–water partition coefficient (Wildman–Crippen LogP) is 5.77. The molecule has 1 N–H and O–H groups in total. The highest BCUT2D eigenvalue weighted by Crippen LogP contribution is 2.41. The van der Waals surface area contributed by atoms with Crippen LogP contribution in [0, 0.1) is 17.1 Å². The van der Waals surface area contributed by atoms with Gasteiger partial charge in [-0.25, -0.2) is 9.07 Å². The van der Waals surface area contributed by atoms with Crippen molar-refractivity contribution >= 4 is 10.9 Å². The van der Waals surface area contributed by atoms with Crippen molar-refractivity contribution in [1.82, 2.24) is 14.7 Å². The van der Waals surface area contributed by atoms with Gasteiger partial charge < -0.3 is 10.0 Å². The molecule has 0 fully saturated rings. The van der Waals surface area contributed by atoms with Crippen LogP contribution in [0.4, 0.5) is 17.6 Å². The Morgan fingerprint density at radius 1 is 1.23 bits per heavy atom. The van der Waals surface area contributed by atoms with Gasteiger partial charge in [0.25, 0.3) is 0 Å². The fourth-order valence-corrected chi connectivity index (χ4v) is 3.61. The first-order valence-corrected chi connectivity index (χ1v) is 10.7. The van der Waals surface area contributed by atoms with E-state index in [-0.39, 0.29) is 17.6 Å². The molecule has 5 nitrogen and oxygen atoms in total. The SMILES string of the molecule is C=CC/C(C#N)=C\N(CC(O)(c1ccc2c(cnn2-c2ccc(F)cc2)c1)C(F)(F)F)C(C)C=C. The number of benzene rings is 2. The summed E-state index contributed by atoms with van der Waals surface area (Å²) in [7, 11) is 0. The molecule has 0 spiro atoms. The van der Waals surface area contributed by atoms with E-state index in [1.165, 1.54) is 76.6 Å². The summed E-state index contributed by atoms with van der Waals surface area (Å²) in [5.41, 5.74) is -2.44.